The number of non-ortho nitro benzene ring substituents is 1. The summed E-state index contributed by atoms with van der Waals surface area (Å²) in [7, 11) is 3.58. The molecule has 32 heavy (non-hydrogen) atoms. The summed E-state index contributed by atoms with van der Waals surface area (Å²) >= 11 is 0. The molecule has 9 heteroatoms. The number of ether oxygens (including phenoxy) is 2. The van der Waals surface area contributed by atoms with Crippen molar-refractivity contribution in [1.82, 2.24) is 4.90 Å². The first-order chi connectivity index (χ1) is 15.3. The van der Waals surface area contributed by atoms with Gasteiger partial charge in [0.1, 0.15) is 13.2 Å². The Balaban J connectivity index is 1.46. The van der Waals surface area contributed by atoms with Crippen LogP contribution in [0.15, 0.2) is 36.4 Å². The highest BCUT2D eigenvalue weighted by molar-refractivity contribution is 6.01. The Hall–Kier alpha value is -3.62. The van der Waals surface area contributed by atoms with Gasteiger partial charge in [-0.25, -0.2) is 0 Å². The van der Waals surface area contributed by atoms with E-state index in [1.165, 1.54) is 12.1 Å². The molecule has 2 aromatic carbocycles. The van der Waals surface area contributed by atoms with Crippen molar-refractivity contribution in [2.45, 2.75) is 12.8 Å². The normalized spacial score (nSPS) is 15.9. The van der Waals surface area contributed by atoms with Gasteiger partial charge in [0.15, 0.2) is 17.3 Å². The third-order valence-corrected chi connectivity index (χ3v) is 5.88. The van der Waals surface area contributed by atoms with Crippen molar-refractivity contribution in [3.8, 4) is 11.5 Å². The van der Waals surface area contributed by atoms with Crippen LogP contribution in [0.3, 0.4) is 0 Å². The van der Waals surface area contributed by atoms with E-state index in [1.807, 2.05) is 0 Å². The van der Waals surface area contributed by atoms with Crippen molar-refractivity contribution in [3.05, 3.63) is 57.6 Å². The molecule has 2 aliphatic heterocycles. The minimum Gasteiger partial charge on any atom is -0.486 e. The van der Waals surface area contributed by atoms with Crippen LogP contribution in [0.25, 0.3) is 0 Å². The zero-order valence-corrected chi connectivity index (χ0v) is 18.1. The van der Waals surface area contributed by atoms with E-state index in [4.69, 9.17) is 9.47 Å². The number of hydrogen-bond donors (Lipinski definition) is 0. The van der Waals surface area contributed by atoms with Crippen molar-refractivity contribution in [2.24, 2.45) is 5.92 Å². The summed E-state index contributed by atoms with van der Waals surface area (Å²) < 4.78 is 11.1. The molecule has 1 fully saturated rings. The summed E-state index contributed by atoms with van der Waals surface area (Å²) in [5.74, 6) is 0.791. The van der Waals surface area contributed by atoms with Crippen LogP contribution >= 0.6 is 0 Å². The molecule has 0 bridgehead atoms. The Bertz CT molecular complexity index is 1060. The Morgan fingerprint density at radius 2 is 1.72 bits per heavy atom. The number of anilines is 1. The second kappa shape index (κ2) is 8.86. The monoisotopic (exact) mass is 439 g/mol. The van der Waals surface area contributed by atoms with E-state index in [-0.39, 0.29) is 23.3 Å². The molecular formula is C23H25N3O6. The molecule has 0 aromatic heterocycles. The van der Waals surface area contributed by atoms with Crippen molar-refractivity contribution in [2.75, 3.05) is 45.3 Å². The Kier molecular flexibility index (Phi) is 5.98. The molecule has 1 saturated heterocycles. The van der Waals surface area contributed by atoms with Crippen molar-refractivity contribution < 1.29 is 24.0 Å². The zero-order valence-electron chi connectivity index (χ0n) is 18.1. The number of nitrogens with zero attached hydrogens (tertiary/aromatic N) is 3. The lowest BCUT2D eigenvalue weighted by Gasteiger charge is -2.32. The molecule has 2 aromatic rings. The van der Waals surface area contributed by atoms with Crippen LogP contribution in [0.5, 0.6) is 11.5 Å². The average Bonchev–Trinajstić information content (AvgIpc) is 2.82. The number of nitro groups is 1. The lowest BCUT2D eigenvalue weighted by atomic mass is 9.88. The zero-order chi connectivity index (χ0) is 22.8. The molecule has 0 spiro atoms. The molecule has 0 saturated carbocycles. The standard InChI is InChI=1S/C23H25N3O6/c1-24(2)19-5-4-17(26(29)30)14-18(19)23(28)25-9-7-15(8-10-25)22(27)16-3-6-20-21(13-16)32-12-11-31-20/h3-6,13-15H,7-12H2,1-2H3. The van der Waals surface area contributed by atoms with Crippen LogP contribution in [0.1, 0.15) is 33.6 Å². The number of nitro benzene ring substituents is 1. The van der Waals surface area contributed by atoms with Crippen molar-refractivity contribution in [1.29, 1.82) is 0 Å². The van der Waals surface area contributed by atoms with Gasteiger partial charge in [-0.1, -0.05) is 0 Å². The number of Topliss-reactive ketones (excluding diaryl/α,β-unsaturated/α-hetero) is 1. The first kappa shape index (κ1) is 21.6. The van der Waals surface area contributed by atoms with Crippen LogP contribution in [-0.2, 0) is 0 Å². The summed E-state index contributed by atoms with van der Waals surface area (Å²) in [4.78, 5) is 40.3. The highest BCUT2D eigenvalue weighted by Crippen LogP contribution is 2.33. The third-order valence-electron chi connectivity index (χ3n) is 5.88. The van der Waals surface area contributed by atoms with Gasteiger partial charge in [-0.05, 0) is 37.1 Å². The van der Waals surface area contributed by atoms with Crippen LogP contribution in [0.2, 0.25) is 0 Å². The molecular weight excluding hydrogens is 414 g/mol. The smallest absolute Gasteiger partial charge is 0.270 e. The molecule has 0 unspecified atom stereocenters. The molecule has 2 heterocycles. The van der Waals surface area contributed by atoms with Crippen LogP contribution < -0.4 is 14.4 Å². The van der Waals surface area contributed by atoms with E-state index in [2.05, 4.69) is 0 Å². The highest BCUT2D eigenvalue weighted by atomic mass is 16.6. The molecule has 168 valence electrons. The second-order valence-corrected chi connectivity index (χ2v) is 8.14. The summed E-state index contributed by atoms with van der Waals surface area (Å²) in [5, 5.41) is 11.2. The fourth-order valence-corrected chi connectivity index (χ4v) is 4.15. The number of fused-ring (bicyclic) bond motifs is 1. The van der Waals surface area contributed by atoms with E-state index in [0.29, 0.717) is 67.5 Å². The van der Waals surface area contributed by atoms with Gasteiger partial charge in [-0.15, -0.1) is 0 Å². The van der Waals surface area contributed by atoms with Gasteiger partial charge in [-0.3, -0.25) is 19.7 Å². The summed E-state index contributed by atoms with van der Waals surface area (Å²) in [6, 6.07) is 9.53. The number of benzene rings is 2. The number of likely N-dealkylation sites (tertiary alicyclic amines) is 1. The predicted octanol–water partition coefficient (Wildman–Crippen LogP) is 3.17. The Morgan fingerprint density at radius 1 is 1.03 bits per heavy atom. The molecule has 0 aliphatic carbocycles. The number of carbonyl (C=O) groups excluding carboxylic acids is 2. The topological polar surface area (TPSA) is 102 Å². The van der Waals surface area contributed by atoms with E-state index in [9.17, 15) is 19.7 Å². The van der Waals surface area contributed by atoms with E-state index < -0.39 is 4.92 Å². The molecule has 9 nitrogen and oxygen atoms in total. The number of piperidine rings is 1. The van der Waals surface area contributed by atoms with Gasteiger partial charge >= 0.3 is 0 Å². The van der Waals surface area contributed by atoms with E-state index in [1.54, 1.807) is 48.2 Å². The quantitative estimate of drug-likeness (QED) is 0.401. The Labute approximate surface area is 185 Å². The van der Waals surface area contributed by atoms with Crippen molar-refractivity contribution >= 4 is 23.1 Å². The molecule has 1 amide bonds. The maximum Gasteiger partial charge on any atom is 0.270 e. The lowest BCUT2D eigenvalue weighted by Crippen LogP contribution is -2.40. The number of rotatable bonds is 5. The molecule has 4 rings (SSSR count). The number of hydrogen-bond acceptors (Lipinski definition) is 7. The van der Waals surface area contributed by atoms with Gasteiger partial charge in [0.2, 0.25) is 0 Å². The largest absolute Gasteiger partial charge is 0.486 e. The maximum atomic E-state index is 13.2. The van der Waals surface area contributed by atoms with Crippen LogP contribution in [-0.4, -0.2) is 61.9 Å². The Morgan fingerprint density at radius 3 is 2.38 bits per heavy atom. The van der Waals surface area contributed by atoms with Gasteiger partial charge in [0.25, 0.3) is 11.6 Å². The fourth-order valence-electron chi connectivity index (χ4n) is 4.15. The fraction of sp³-hybridized carbons (Fsp3) is 0.391. The average molecular weight is 439 g/mol. The van der Waals surface area contributed by atoms with E-state index in [0.717, 1.165) is 0 Å². The van der Waals surface area contributed by atoms with Gasteiger partial charge < -0.3 is 19.3 Å². The second-order valence-electron chi connectivity index (χ2n) is 8.14. The number of ketones is 1. The molecule has 2 aliphatic rings. The van der Waals surface area contributed by atoms with Gasteiger partial charge in [0.05, 0.1) is 10.5 Å². The van der Waals surface area contributed by atoms with Crippen LogP contribution in [0, 0.1) is 16.0 Å². The first-order valence-corrected chi connectivity index (χ1v) is 10.5. The summed E-state index contributed by atoms with van der Waals surface area (Å²) in [6.07, 6.45) is 1.07. The molecule has 0 radical (unpaired) electrons. The third kappa shape index (κ3) is 4.23. The first-order valence-electron chi connectivity index (χ1n) is 10.5. The summed E-state index contributed by atoms with van der Waals surface area (Å²) in [6.45, 7) is 1.77. The van der Waals surface area contributed by atoms with Gasteiger partial charge in [0, 0.05) is 56.5 Å². The molecule has 0 atom stereocenters. The van der Waals surface area contributed by atoms with Crippen molar-refractivity contribution in [3.63, 3.8) is 0 Å². The number of carbonyl (C=O) groups is 2. The highest BCUT2D eigenvalue weighted by Gasteiger charge is 2.30. The maximum absolute atomic E-state index is 13.2. The van der Waals surface area contributed by atoms with Crippen LogP contribution in [0.4, 0.5) is 11.4 Å². The van der Waals surface area contributed by atoms with Gasteiger partial charge in [-0.2, -0.15) is 0 Å². The number of amides is 1. The minimum absolute atomic E-state index is 0.0263. The lowest BCUT2D eigenvalue weighted by molar-refractivity contribution is -0.384. The SMILES string of the molecule is CN(C)c1ccc([N+](=O)[O-])cc1C(=O)N1CCC(C(=O)c2ccc3c(c2)OCCO3)CC1. The van der Waals surface area contributed by atoms with E-state index >= 15 is 0 Å². The molecule has 0 N–H and O–H groups in total. The minimum atomic E-state index is -0.505. The predicted molar refractivity (Wildman–Crippen MR) is 118 cm³/mol. The summed E-state index contributed by atoms with van der Waals surface area (Å²) in [5.41, 5.74) is 1.37.